The number of hydrogen-bond donors (Lipinski definition) is 0. The molecule has 0 saturated carbocycles. The monoisotopic (exact) mass is 256 g/mol. The van der Waals surface area contributed by atoms with Crippen molar-refractivity contribution in [2.75, 3.05) is 0 Å². The maximum Gasteiger partial charge on any atom is 1.00 e. The average molecular weight is 256 g/mol. The van der Waals surface area contributed by atoms with Crippen molar-refractivity contribution in [1.29, 1.82) is 0 Å². The Morgan fingerprint density at radius 3 is 1.68 bits per heavy atom. The summed E-state index contributed by atoms with van der Waals surface area (Å²) < 4.78 is 5.38. The van der Waals surface area contributed by atoms with Crippen LogP contribution in [0.3, 0.4) is 0 Å². The van der Waals surface area contributed by atoms with Gasteiger partial charge in [-0.05, 0) is 0 Å². The van der Waals surface area contributed by atoms with Crippen LogP contribution in [0.5, 0.6) is 0 Å². The van der Waals surface area contributed by atoms with E-state index in [0.717, 1.165) is 0 Å². The minimum Gasteiger partial charge on any atom is -0.476 e. The molecule has 1 aromatic rings. The molecule has 104 valence electrons. The maximum absolute atomic E-state index is 5.38. The van der Waals surface area contributed by atoms with Crippen molar-refractivity contribution >= 4 is 11.6 Å². The summed E-state index contributed by atoms with van der Waals surface area (Å²) in [5.74, 6) is 0. The fraction of sp³-hybridized carbons (Fsp3) is 0.750. The van der Waals surface area contributed by atoms with Gasteiger partial charge in [0.1, 0.15) is 0 Å². The van der Waals surface area contributed by atoms with E-state index in [1.807, 2.05) is 12.5 Å². The zero-order valence-corrected chi connectivity index (χ0v) is 13.6. The Labute approximate surface area is 132 Å². The number of furan rings is 1. The summed E-state index contributed by atoms with van der Waals surface area (Å²) in [5.41, 5.74) is 1.50. The molecule has 1 rings (SSSR count). The van der Waals surface area contributed by atoms with E-state index in [1.165, 1.54) is 62.9 Å². The molecule has 0 N–H and O–H groups in total. The molecule has 0 aliphatic rings. The normalized spacial score (nSPS) is 11.3. The summed E-state index contributed by atoms with van der Waals surface area (Å²) >= 11 is 0. The summed E-state index contributed by atoms with van der Waals surface area (Å²) in [5, 5.41) is 0. The van der Waals surface area contributed by atoms with Gasteiger partial charge in [0, 0.05) is 6.15 Å². The van der Waals surface area contributed by atoms with Crippen molar-refractivity contribution in [3.63, 3.8) is 0 Å². The molecule has 0 spiro atoms. The Kier molecular flexibility index (Phi) is 10.7. The quantitative estimate of drug-likeness (QED) is 0.586. The van der Waals surface area contributed by atoms with Crippen LogP contribution >= 0.6 is 0 Å². The molecule has 1 heterocycles. The molecule has 0 radical (unpaired) electrons. The first-order valence-electron chi connectivity index (χ1n) is 8.02. The molecule has 0 amide bonds. The van der Waals surface area contributed by atoms with E-state index in [1.54, 1.807) is 0 Å². The predicted octanol–water partition coefficient (Wildman–Crippen LogP) is 2.34. The Bertz CT molecular complexity index is 276. The molecule has 0 aromatic carbocycles. The van der Waals surface area contributed by atoms with E-state index in [2.05, 4.69) is 26.8 Å². The molecule has 1 nitrogen and oxygen atoms in total. The topological polar surface area (TPSA) is 13.1 Å². The molecule has 0 saturated heterocycles. The van der Waals surface area contributed by atoms with Gasteiger partial charge in [-0.15, -0.1) is 0 Å². The summed E-state index contributed by atoms with van der Waals surface area (Å²) in [6, 6.07) is 2.22. The SMILES string of the molecule is CCCC[B-](CCCC)(CCCC)c1ccoc1.[Li+]. The molecular weight excluding hydrogens is 226 g/mol. The zero-order valence-electron chi connectivity index (χ0n) is 13.6. The van der Waals surface area contributed by atoms with Crippen LogP contribution in [0, 0.1) is 0 Å². The Hall–Kier alpha value is -0.0577. The molecule has 0 fully saturated rings. The van der Waals surface area contributed by atoms with Crippen LogP contribution in [0.25, 0.3) is 0 Å². The number of unbranched alkanes of at least 4 members (excludes halogenated alkanes) is 3. The van der Waals surface area contributed by atoms with E-state index in [0.29, 0.717) is 0 Å². The van der Waals surface area contributed by atoms with Gasteiger partial charge in [0.25, 0.3) is 0 Å². The van der Waals surface area contributed by atoms with Crippen molar-refractivity contribution in [2.24, 2.45) is 0 Å². The van der Waals surface area contributed by atoms with E-state index < -0.39 is 0 Å². The summed E-state index contributed by atoms with van der Waals surface area (Å²) in [4.78, 5) is 0. The summed E-state index contributed by atoms with van der Waals surface area (Å²) in [7, 11) is 0. The second-order valence-electron chi connectivity index (χ2n) is 5.96. The fourth-order valence-corrected chi connectivity index (χ4v) is 3.34. The van der Waals surface area contributed by atoms with E-state index >= 15 is 0 Å². The van der Waals surface area contributed by atoms with Crippen molar-refractivity contribution in [1.82, 2.24) is 0 Å². The third kappa shape index (κ3) is 5.84. The molecular formula is C16H30BLiO. The second kappa shape index (κ2) is 10.7. The molecule has 3 heteroatoms. The minimum atomic E-state index is -0.363. The Balaban J connectivity index is 0.00000324. The van der Waals surface area contributed by atoms with Crippen molar-refractivity contribution in [3.8, 4) is 0 Å². The van der Waals surface area contributed by atoms with Crippen molar-refractivity contribution < 1.29 is 23.3 Å². The predicted molar refractivity (Wildman–Crippen MR) is 83.2 cm³/mol. The van der Waals surface area contributed by atoms with Gasteiger partial charge in [-0.1, -0.05) is 65.4 Å². The smallest absolute Gasteiger partial charge is 0.476 e. The summed E-state index contributed by atoms with van der Waals surface area (Å²) in [6.45, 7) is 6.90. The molecule has 0 aliphatic carbocycles. The van der Waals surface area contributed by atoms with Crippen LogP contribution in [0.4, 0.5) is 0 Å². The third-order valence-corrected chi connectivity index (χ3v) is 4.58. The van der Waals surface area contributed by atoms with Crippen LogP contribution in [0.15, 0.2) is 23.0 Å². The Morgan fingerprint density at radius 1 is 0.895 bits per heavy atom. The average Bonchev–Trinajstić information content (AvgIpc) is 2.93. The van der Waals surface area contributed by atoms with Crippen LogP contribution in [0.2, 0.25) is 19.0 Å². The van der Waals surface area contributed by atoms with Crippen LogP contribution in [-0.4, -0.2) is 6.15 Å². The second-order valence-corrected chi connectivity index (χ2v) is 5.96. The molecule has 0 bridgehead atoms. The Morgan fingerprint density at radius 2 is 1.37 bits per heavy atom. The number of rotatable bonds is 10. The van der Waals surface area contributed by atoms with Gasteiger partial charge in [-0.3, -0.25) is 0 Å². The standard InChI is InChI=1S/C16H30BO.Li/c1-4-7-11-17(12-8-5-2,13-9-6-3)16-10-14-18-15-16;/h10,14-15H,4-9,11-13H2,1-3H3;/q-1;+1. The van der Waals surface area contributed by atoms with Gasteiger partial charge < -0.3 is 4.42 Å². The van der Waals surface area contributed by atoms with Crippen LogP contribution in [-0.2, 0) is 0 Å². The van der Waals surface area contributed by atoms with Gasteiger partial charge in [0.05, 0.1) is 12.5 Å². The summed E-state index contributed by atoms with van der Waals surface area (Å²) in [6.07, 6.45) is 15.7. The van der Waals surface area contributed by atoms with E-state index in [-0.39, 0.29) is 25.0 Å². The van der Waals surface area contributed by atoms with E-state index in [4.69, 9.17) is 4.42 Å². The molecule has 0 aliphatic heterocycles. The van der Waals surface area contributed by atoms with Gasteiger partial charge in [-0.2, -0.15) is 24.4 Å². The fourth-order valence-electron chi connectivity index (χ4n) is 3.34. The molecule has 0 unspecified atom stereocenters. The minimum absolute atomic E-state index is 0. The van der Waals surface area contributed by atoms with Gasteiger partial charge in [0.15, 0.2) is 0 Å². The van der Waals surface area contributed by atoms with Gasteiger partial charge in [0.2, 0.25) is 0 Å². The first kappa shape index (κ1) is 18.9. The van der Waals surface area contributed by atoms with Gasteiger partial charge in [-0.25, -0.2) is 0 Å². The van der Waals surface area contributed by atoms with E-state index in [9.17, 15) is 0 Å². The zero-order chi connectivity index (χ0) is 13.3. The molecule has 1 aromatic heterocycles. The van der Waals surface area contributed by atoms with Crippen molar-refractivity contribution in [3.05, 3.63) is 18.6 Å². The third-order valence-electron chi connectivity index (χ3n) is 4.58. The maximum atomic E-state index is 5.38. The number of hydrogen-bond acceptors (Lipinski definition) is 1. The van der Waals surface area contributed by atoms with Crippen molar-refractivity contribution in [2.45, 2.75) is 78.3 Å². The molecule has 19 heavy (non-hydrogen) atoms. The van der Waals surface area contributed by atoms with Crippen LogP contribution < -0.4 is 24.3 Å². The van der Waals surface area contributed by atoms with Crippen LogP contribution in [0.1, 0.15) is 59.3 Å². The van der Waals surface area contributed by atoms with Gasteiger partial charge >= 0.3 is 18.9 Å². The first-order valence-corrected chi connectivity index (χ1v) is 8.02. The first-order chi connectivity index (χ1) is 8.79. The largest absolute Gasteiger partial charge is 1.00 e. The molecule has 0 atom stereocenters.